The minimum atomic E-state index is -0.975. The van der Waals surface area contributed by atoms with Crippen molar-refractivity contribution in [2.24, 2.45) is 11.7 Å². The van der Waals surface area contributed by atoms with Crippen LogP contribution in [0.15, 0.2) is 12.2 Å². The van der Waals surface area contributed by atoms with Crippen molar-refractivity contribution in [3.63, 3.8) is 0 Å². The molecule has 0 amide bonds. The van der Waals surface area contributed by atoms with Gasteiger partial charge in [-0.25, -0.2) is 0 Å². The average Bonchev–Trinajstić information content (AvgIpc) is 2.65. The molecular weight excluding hydrogens is 130 g/mol. The Balaban J connectivity index is 2.46. The maximum Gasteiger partial charge on any atom is 0.324 e. The SMILES string of the molecule is C=C(C1CC1)C(N)C(=O)O. The molecule has 0 radical (unpaired) electrons. The summed E-state index contributed by atoms with van der Waals surface area (Å²) >= 11 is 0. The molecule has 56 valence electrons. The van der Waals surface area contributed by atoms with Crippen molar-refractivity contribution in [2.45, 2.75) is 18.9 Å². The van der Waals surface area contributed by atoms with Crippen molar-refractivity contribution in [3.05, 3.63) is 12.2 Å². The van der Waals surface area contributed by atoms with Gasteiger partial charge in [-0.3, -0.25) is 4.79 Å². The number of aliphatic carboxylic acids is 1. The Morgan fingerprint density at radius 3 is 2.50 bits per heavy atom. The molecule has 10 heavy (non-hydrogen) atoms. The van der Waals surface area contributed by atoms with Gasteiger partial charge in [-0.1, -0.05) is 6.58 Å². The lowest BCUT2D eigenvalue weighted by molar-refractivity contribution is -0.137. The maximum absolute atomic E-state index is 10.3. The first-order chi connectivity index (χ1) is 4.63. The van der Waals surface area contributed by atoms with E-state index >= 15 is 0 Å². The lowest BCUT2D eigenvalue weighted by Gasteiger charge is -2.07. The van der Waals surface area contributed by atoms with Crippen molar-refractivity contribution < 1.29 is 9.90 Å². The Hall–Kier alpha value is -0.830. The summed E-state index contributed by atoms with van der Waals surface area (Å²) in [6.45, 7) is 3.63. The number of hydrogen-bond donors (Lipinski definition) is 2. The molecule has 1 aliphatic carbocycles. The lowest BCUT2D eigenvalue weighted by Crippen LogP contribution is -2.32. The molecule has 1 fully saturated rings. The highest BCUT2D eigenvalue weighted by atomic mass is 16.4. The minimum Gasteiger partial charge on any atom is -0.480 e. The first kappa shape index (κ1) is 7.28. The van der Waals surface area contributed by atoms with Gasteiger partial charge in [0.1, 0.15) is 6.04 Å². The number of carboxylic acids is 1. The van der Waals surface area contributed by atoms with Crippen molar-refractivity contribution in [1.29, 1.82) is 0 Å². The fourth-order valence-corrected chi connectivity index (χ4v) is 0.867. The molecule has 0 saturated heterocycles. The number of nitrogens with two attached hydrogens (primary N) is 1. The van der Waals surface area contributed by atoms with E-state index in [-0.39, 0.29) is 0 Å². The highest BCUT2D eigenvalue weighted by molar-refractivity contribution is 5.77. The van der Waals surface area contributed by atoms with Crippen LogP contribution >= 0.6 is 0 Å². The summed E-state index contributed by atoms with van der Waals surface area (Å²) in [5, 5.41) is 8.44. The molecule has 0 spiro atoms. The van der Waals surface area contributed by atoms with Crippen LogP contribution in [0.3, 0.4) is 0 Å². The summed E-state index contributed by atoms with van der Waals surface area (Å²) in [7, 11) is 0. The monoisotopic (exact) mass is 141 g/mol. The van der Waals surface area contributed by atoms with E-state index in [1.54, 1.807) is 0 Å². The molecule has 0 aliphatic heterocycles. The van der Waals surface area contributed by atoms with Gasteiger partial charge in [-0.15, -0.1) is 0 Å². The molecule has 0 aromatic heterocycles. The second-order valence-corrected chi connectivity index (χ2v) is 2.67. The minimum absolute atomic E-state index is 0.381. The van der Waals surface area contributed by atoms with E-state index in [4.69, 9.17) is 10.8 Å². The summed E-state index contributed by atoms with van der Waals surface area (Å²) in [6.07, 6.45) is 2.11. The van der Waals surface area contributed by atoms with Gasteiger partial charge in [-0.2, -0.15) is 0 Å². The predicted octanol–water partition coefficient (Wildman–Crippen LogP) is 0.365. The molecule has 3 N–H and O–H groups in total. The van der Waals surface area contributed by atoms with E-state index in [1.807, 2.05) is 0 Å². The zero-order valence-corrected chi connectivity index (χ0v) is 5.71. The summed E-state index contributed by atoms with van der Waals surface area (Å²) in [5.74, 6) is -0.594. The molecule has 3 heteroatoms. The number of carbonyl (C=O) groups is 1. The Morgan fingerprint density at radius 1 is 1.70 bits per heavy atom. The summed E-state index contributed by atoms with van der Waals surface area (Å²) in [6, 6.07) is -0.854. The Morgan fingerprint density at radius 2 is 2.20 bits per heavy atom. The van der Waals surface area contributed by atoms with Crippen LogP contribution in [-0.2, 0) is 4.79 Å². The average molecular weight is 141 g/mol. The lowest BCUT2D eigenvalue weighted by atomic mass is 10.1. The highest BCUT2D eigenvalue weighted by Gasteiger charge is 2.30. The van der Waals surface area contributed by atoms with Crippen LogP contribution in [0.4, 0.5) is 0 Å². The first-order valence-electron chi connectivity index (χ1n) is 3.30. The van der Waals surface area contributed by atoms with Crippen LogP contribution < -0.4 is 5.73 Å². The van der Waals surface area contributed by atoms with Crippen molar-refractivity contribution in [2.75, 3.05) is 0 Å². The Bertz CT molecular complexity index is 172. The molecule has 1 aliphatic rings. The van der Waals surface area contributed by atoms with Crippen molar-refractivity contribution >= 4 is 5.97 Å². The number of hydrogen-bond acceptors (Lipinski definition) is 2. The first-order valence-corrected chi connectivity index (χ1v) is 3.30. The molecule has 3 nitrogen and oxygen atoms in total. The van der Waals surface area contributed by atoms with Gasteiger partial charge < -0.3 is 10.8 Å². The summed E-state index contributed by atoms with van der Waals surface area (Å²) in [5.41, 5.74) is 5.98. The van der Waals surface area contributed by atoms with Crippen molar-refractivity contribution in [1.82, 2.24) is 0 Å². The quantitative estimate of drug-likeness (QED) is 0.558. The van der Waals surface area contributed by atoms with E-state index < -0.39 is 12.0 Å². The fourth-order valence-electron chi connectivity index (χ4n) is 0.867. The summed E-state index contributed by atoms with van der Waals surface area (Å²) < 4.78 is 0. The van der Waals surface area contributed by atoms with Gasteiger partial charge in [0.15, 0.2) is 0 Å². The van der Waals surface area contributed by atoms with E-state index in [2.05, 4.69) is 6.58 Å². The molecule has 0 aromatic carbocycles. The third-order valence-electron chi connectivity index (χ3n) is 1.77. The molecular formula is C7H11NO2. The van der Waals surface area contributed by atoms with E-state index in [9.17, 15) is 4.79 Å². The van der Waals surface area contributed by atoms with Gasteiger partial charge in [0, 0.05) is 0 Å². The largest absolute Gasteiger partial charge is 0.480 e. The molecule has 1 rings (SSSR count). The smallest absolute Gasteiger partial charge is 0.324 e. The third-order valence-corrected chi connectivity index (χ3v) is 1.77. The summed E-state index contributed by atoms with van der Waals surface area (Å²) in [4.78, 5) is 10.3. The molecule has 1 unspecified atom stereocenters. The standard InChI is InChI=1S/C7H11NO2/c1-4(5-2-3-5)6(8)7(9)10/h5-6H,1-3,8H2,(H,9,10). The fraction of sp³-hybridized carbons (Fsp3) is 0.571. The van der Waals surface area contributed by atoms with Gasteiger partial charge in [0.2, 0.25) is 0 Å². The van der Waals surface area contributed by atoms with Crippen LogP contribution in [0.1, 0.15) is 12.8 Å². The molecule has 0 bridgehead atoms. The van der Waals surface area contributed by atoms with Gasteiger partial charge in [-0.05, 0) is 24.3 Å². The van der Waals surface area contributed by atoms with Gasteiger partial charge in [0.05, 0.1) is 0 Å². The highest BCUT2D eigenvalue weighted by Crippen LogP contribution is 2.36. The molecule has 0 aromatic rings. The van der Waals surface area contributed by atoms with E-state index in [1.165, 1.54) is 0 Å². The maximum atomic E-state index is 10.3. The second kappa shape index (κ2) is 2.42. The van der Waals surface area contributed by atoms with Gasteiger partial charge in [0.25, 0.3) is 0 Å². The Kier molecular flexibility index (Phi) is 1.76. The van der Waals surface area contributed by atoms with E-state index in [0.29, 0.717) is 11.5 Å². The van der Waals surface area contributed by atoms with Crippen LogP contribution in [0.2, 0.25) is 0 Å². The zero-order valence-electron chi connectivity index (χ0n) is 5.71. The van der Waals surface area contributed by atoms with Crippen LogP contribution in [0.5, 0.6) is 0 Å². The van der Waals surface area contributed by atoms with Crippen LogP contribution in [0.25, 0.3) is 0 Å². The normalized spacial score (nSPS) is 20.1. The Labute approximate surface area is 59.5 Å². The molecule has 0 heterocycles. The number of carboxylic acid groups (broad SMARTS) is 1. The van der Waals surface area contributed by atoms with Crippen molar-refractivity contribution in [3.8, 4) is 0 Å². The number of rotatable bonds is 3. The molecule has 1 atom stereocenters. The predicted molar refractivity (Wildman–Crippen MR) is 37.5 cm³/mol. The zero-order chi connectivity index (χ0) is 7.72. The third kappa shape index (κ3) is 1.36. The van der Waals surface area contributed by atoms with Crippen LogP contribution in [-0.4, -0.2) is 17.1 Å². The second-order valence-electron chi connectivity index (χ2n) is 2.67. The topological polar surface area (TPSA) is 63.3 Å². The van der Waals surface area contributed by atoms with Crippen LogP contribution in [0, 0.1) is 5.92 Å². The van der Waals surface area contributed by atoms with Gasteiger partial charge >= 0.3 is 5.97 Å². The molecule has 1 saturated carbocycles. The van der Waals surface area contributed by atoms with E-state index in [0.717, 1.165) is 12.8 Å².